The predicted octanol–water partition coefficient (Wildman–Crippen LogP) is 1.02. The second kappa shape index (κ2) is 8.84. The molecule has 1 saturated heterocycles. The van der Waals surface area contributed by atoms with Gasteiger partial charge in [-0.25, -0.2) is 8.42 Å². The molecule has 1 aromatic rings. The Labute approximate surface area is 161 Å². The Kier molecular flexibility index (Phi) is 7.00. The summed E-state index contributed by atoms with van der Waals surface area (Å²) in [5.74, 6) is 0.430. The van der Waals surface area contributed by atoms with Gasteiger partial charge in [0.1, 0.15) is 5.75 Å². The van der Waals surface area contributed by atoms with Crippen LogP contribution in [0.1, 0.15) is 29.3 Å². The zero-order valence-corrected chi connectivity index (χ0v) is 17.2. The Balaban J connectivity index is 2.24. The topological polar surface area (TPSA) is 84.0 Å². The average Bonchev–Trinajstić information content (AvgIpc) is 2.94. The lowest BCUT2D eigenvalue weighted by molar-refractivity contribution is -0.132. The zero-order valence-electron chi connectivity index (χ0n) is 16.4. The monoisotopic (exact) mass is 396 g/mol. The number of likely N-dealkylation sites (N-methyl/N-ethyl adjacent to an activating group) is 1. The number of amides is 1. The Hall–Kier alpha value is -1.93. The zero-order chi connectivity index (χ0) is 20.2. The van der Waals surface area contributed by atoms with Gasteiger partial charge in [-0.2, -0.15) is 0 Å². The maximum Gasteiger partial charge on any atom is 0.227 e. The lowest BCUT2D eigenvalue weighted by Gasteiger charge is -2.30. The molecular weight excluding hydrogens is 368 g/mol. The van der Waals surface area contributed by atoms with Crippen molar-refractivity contribution in [2.24, 2.45) is 0 Å². The van der Waals surface area contributed by atoms with Crippen molar-refractivity contribution >= 4 is 21.5 Å². The van der Waals surface area contributed by atoms with E-state index in [4.69, 9.17) is 4.74 Å². The van der Waals surface area contributed by atoms with Crippen LogP contribution in [-0.4, -0.2) is 81.8 Å². The second-order valence-electron chi connectivity index (χ2n) is 7.21. The van der Waals surface area contributed by atoms with Crippen molar-refractivity contribution < 1.29 is 22.7 Å². The van der Waals surface area contributed by atoms with Crippen LogP contribution in [0.2, 0.25) is 0 Å². The minimum Gasteiger partial charge on any atom is -0.496 e. The molecule has 7 nitrogen and oxygen atoms in total. The van der Waals surface area contributed by atoms with E-state index >= 15 is 0 Å². The van der Waals surface area contributed by atoms with Crippen molar-refractivity contribution in [2.45, 2.75) is 25.8 Å². The van der Waals surface area contributed by atoms with Gasteiger partial charge in [0, 0.05) is 30.3 Å². The van der Waals surface area contributed by atoms with E-state index in [1.165, 1.54) is 14.0 Å². The molecule has 0 radical (unpaired) electrons. The Bertz CT molecular complexity index is 804. The highest BCUT2D eigenvalue weighted by atomic mass is 32.2. The largest absolute Gasteiger partial charge is 0.496 e. The number of hydrogen-bond acceptors (Lipinski definition) is 6. The first-order valence-electron chi connectivity index (χ1n) is 8.95. The molecule has 0 aromatic heterocycles. The molecule has 27 heavy (non-hydrogen) atoms. The summed E-state index contributed by atoms with van der Waals surface area (Å²) in [5.41, 5.74) is 1.15. The molecule has 0 aliphatic carbocycles. The standard InChI is InChI=1S/C19H28N2O5S/c1-14(22)15-5-6-18(26-4)16(11-15)12-19(23)21(9-8-20(2)3)17-7-10-27(24,25)13-17/h5-6,11,17H,7-10,12-13H2,1-4H3. The molecule has 2 rings (SSSR count). The SMILES string of the molecule is COc1ccc(C(C)=O)cc1CC(=O)N(CCN(C)C)C1CCS(=O)(=O)C1. The maximum absolute atomic E-state index is 13.0. The number of ether oxygens (including phenoxy) is 1. The number of sulfone groups is 1. The van der Waals surface area contributed by atoms with Crippen molar-refractivity contribution in [1.29, 1.82) is 0 Å². The van der Waals surface area contributed by atoms with E-state index in [2.05, 4.69) is 0 Å². The molecule has 1 fully saturated rings. The van der Waals surface area contributed by atoms with Gasteiger partial charge in [-0.15, -0.1) is 0 Å². The van der Waals surface area contributed by atoms with Gasteiger partial charge in [0.25, 0.3) is 0 Å². The number of methoxy groups -OCH3 is 1. The minimum atomic E-state index is -3.09. The van der Waals surface area contributed by atoms with Gasteiger partial charge in [-0.05, 0) is 45.6 Å². The average molecular weight is 397 g/mol. The van der Waals surface area contributed by atoms with Crippen LogP contribution >= 0.6 is 0 Å². The Morgan fingerprint density at radius 2 is 1.93 bits per heavy atom. The van der Waals surface area contributed by atoms with Gasteiger partial charge in [0.05, 0.1) is 25.0 Å². The predicted molar refractivity (Wildman–Crippen MR) is 104 cm³/mol. The normalized spacial score (nSPS) is 18.5. The van der Waals surface area contributed by atoms with E-state index in [-0.39, 0.29) is 35.7 Å². The third kappa shape index (κ3) is 5.77. The van der Waals surface area contributed by atoms with E-state index in [0.717, 1.165) is 0 Å². The van der Waals surface area contributed by atoms with Crippen molar-refractivity contribution in [2.75, 3.05) is 45.8 Å². The van der Waals surface area contributed by atoms with Gasteiger partial charge >= 0.3 is 0 Å². The summed E-state index contributed by atoms with van der Waals surface area (Å²) in [6.07, 6.45) is 0.528. The summed E-state index contributed by atoms with van der Waals surface area (Å²) in [6.45, 7) is 2.58. The molecule has 8 heteroatoms. The number of carbonyl (C=O) groups excluding carboxylic acids is 2. The quantitative estimate of drug-likeness (QED) is 0.610. The van der Waals surface area contributed by atoms with Crippen LogP contribution in [-0.2, 0) is 21.1 Å². The van der Waals surface area contributed by atoms with Gasteiger partial charge in [0.15, 0.2) is 15.6 Å². The molecule has 1 atom stereocenters. The Morgan fingerprint density at radius 1 is 1.22 bits per heavy atom. The van der Waals surface area contributed by atoms with Crippen LogP contribution < -0.4 is 4.74 Å². The van der Waals surface area contributed by atoms with Crippen molar-refractivity contribution in [3.8, 4) is 5.75 Å². The molecule has 0 saturated carbocycles. The molecule has 1 heterocycles. The van der Waals surface area contributed by atoms with E-state index in [1.54, 1.807) is 23.1 Å². The second-order valence-corrected chi connectivity index (χ2v) is 9.44. The number of benzene rings is 1. The first kappa shape index (κ1) is 21.4. The highest BCUT2D eigenvalue weighted by molar-refractivity contribution is 7.91. The van der Waals surface area contributed by atoms with Crippen molar-refractivity contribution in [1.82, 2.24) is 9.80 Å². The maximum atomic E-state index is 13.0. The molecule has 0 bridgehead atoms. The van der Waals surface area contributed by atoms with Gasteiger partial charge < -0.3 is 14.5 Å². The number of rotatable bonds is 8. The molecule has 150 valence electrons. The number of ketones is 1. The lowest BCUT2D eigenvalue weighted by Crippen LogP contribution is -2.45. The van der Waals surface area contributed by atoms with Crippen LogP contribution in [0.15, 0.2) is 18.2 Å². The van der Waals surface area contributed by atoms with E-state index < -0.39 is 9.84 Å². The molecule has 0 spiro atoms. The third-order valence-electron chi connectivity index (χ3n) is 4.79. The summed E-state index contributed by atoms with van der Waals surface area (Å²) in [7, 11) is 2.25. The fraction of sp³-hybridized carbons (Fsp3) is 0.579. The molecule has 1 unspecified atom stereocenters. The van der Waals surface area contributed by atoms with Crippen LogP contribution in [0.4, 0.5) is 0 Å². The van der Waals surface area contributed by atoms with Gasteiger partial charge in [-0.1, -0.05) is 0 Å². The Morgan fingerprint density at radius 3 is 2.44 bits per heavy atom. The van der Waals surface area contributed by atoms with Gasteiger partial charge in [0.2, 0.25) is 5.91 Å². The number of Topliss-reactive ketones (excluding diaryl/α,β-unsaturated/α-hetero) is 1. The summed E-state index contributed by atoms with van der Waals surface area (Å²) >= 11 is 0. The third-order valence-corrected chi connectivity index (χ3v) is 6.54. The van der Waals surface area contributed by atoms with E-state index in [0.29, 0.717) is 36.4 Å². The van der Waals surface area contributed by atoms with Crippen LogP contribution in [0.25, 0.3) is 0 Å². The molecule has 1 aromatic carbocycles. The molecular formula is C19H28N2O5S. The van der Waals surface area contributed by atoms with Crippen molar-refractivity contribution in [3.63, 3.8) is 0 Å². The number of nitrogens with zero attached hydrogens (tertiary/aromatic N) is 2. The highest BCUT2D eigenvalue weighted by Crippen LogP contribution is 2.24. The van der Waals surface area contributed by atoms with E-state index in [9.17, 15) is 18.0 Å². The molecule has 0 N–H and O–H groups in total. The fourth-order valence-electron chi connectivity index (χ4n) is 3.24. The number of hydrogen-bond donors (Lipinski definition) is 0. The molecule has 1 aliphatic rings. The minimum absolute atomic E-state index is 0.0107. The number of carbonyl (C=O) groups is 2. The van der Waals surface area contributed by atoms with Gasteiger partial charge in [-0.3, -0.25) is 9.59 Å². The highest BCUT2D eigenvalue weighted by Gasteiger charge is 2.34. The first-order valence-corrected chi connectivity index (χ1v) is 10.8. The van der Waals surface area contributed by atoms with Crippen molar-refractivity contribution in [3.05, 3.63) is 29.3 Å². The van der Waals surface area contributed by atoms with E-state index in [1.807, 2.05) is 19.0 Å². The van der Waals surface area contributed by atoms with Crippen LogP contribution in [0.3, 0.4) is 0 Å². The molecule has 1 amide bonds. The summed E-state index contributed by atoms with van der Waals surface area (Å²) in [5, 5.41) is 0. The fourth-order valence-corrected chi connectivity index (χ4v) is 4.97. The first-order chi connectivity index (χ1) is 12.6. The molecule has 1 aliphatic heterocycles. The van der Waals surface area contributed by atoms with Crippen LogP contribution in [0.5, 0.6) is 5.75 Å². The lowest BCUT2D eigenvalue weighted by atomic mass is 10.0. The summed E-state index contributed by atoms with van der Waals surface area (Å²) in [6, 6.07) is 4.73. The smallest absolute Gasteiger partial charge is 0.227 e. The van der Waals surface area contributed by atoms with Crippen LogP contribution in [0, 0.1) is 0 Å². The summed E-state index contributed by atoms with van der Waals surface area (Å²) < 4.78 is 29.1. The summed E-state index contributed by atoms with van der Waals surface area (Å²) in [4.78, 5) is 28.3.